The molecule has 0 aliphatic carbocycles. The molecule has 0 saturated carbocycles. The summed E-state index contributed by atoms with van der Waals surface area (Å²) in [5, 5.41) is 9.79. The molecular formula is C11H13ClO4. The van der Waals surface area contributed by atoms with E-state index in [-0.39, 0.29) is 16.3 Å². The quantitative estimate of drug-likeness (QED) is 0.826. The second-order valence-corrected chi connectivity index (χ2v) is 3.63. The molecule has 1 atom stereocenters. The van der Waals surface area contributed by atoms with E-state index in [2.05, 4.69) is 0 Å². The van der Waals surface area contributed by atoms with Gasteiger partial charge in [-0.1, -0.05) is 11.6 Å². The standard InChI is InChI=1S/C11H13ClO4/c1-6(14)7-4-9(12)8(5-13)11(16-3)10(7)15-2/h4-6,14H,1-3H3. The average Bonchev–Trinajstić information content (AvgIpc) is 2.27. The maximum atomic E-state index is 10.9. The summed E-state index contributed by atoms with van der Waals surface area (Å²) in [6.07, 6.45) is -0.169. The molecular weight excluding hydrogens is 232 g/mol. The summed E-state index contributed by atoms with van der Waals surface area (Å²) >= 11 is 5.91. The lowest BCUT2D eigenvalue weighted by Crippen LogP contribution is -2.02. The Morgan fingerprint density at radius 1 is 1.38 bits per heavy atom. The molecule has 1 rings (SSSR count). The highest BCUT2D eigenvalue weighted by Crippen LogP contribution is 2.40. The van der Waals surface area contributed by atoms with Crippen LogP contribution in [0.4, 0.5) is 0 Å². The molecule has 1 unspecified atom stereocenters. The van der Waals surface area contributed by atoms with Gasteiger partial charge in [-0.2, -0.15) is 0 Å². The number of rotatable bonds is 4. The van der Waals surface area contributed by atoms with Gasteiger partial charge in [0.05, 0.1) is 30.9 Å². The van der Waals surface area contributed by atoms with Crippen LogP contribution in [0.3, 0.4) is 0 Å². The maximum Gasteiger partial charge on any atom is 0.173 e. The van der Waals surface area contributed by atoms with Crippen LogP contribution in [0, 0.1) is 0 Å². The predicted octanol–water partition coefficient (Wildman–Crippen LogP) is 2.22. The monoisotopic (exact) mass is 244 g/mol. The van der Waals surface area contributed by atoms with E-state index in [1.807, 2.05) is 0 Å². The fourth-order valence-electron chi connectivity index (χ4n) is 1.48. The van der Waals surface area contributed by atoms with Gasteiger partial charge in [0.25, 0.3) is 0 Å². The third kappa shape index (κ3) is 2.13. The number of aliphatic hydroxyl groups excluding tert-OH is 1. The molecule has 88 valence electrons. The maximum absolute atomic E-state index is 10.9. The van der Waals surface area contributed by atoms with Crippen molar-refractivity contribution in [3.05, 3.63) is 22.2 Å². The molecule has 0 fully saturated rings. The normalized spacial score (nSPS) is 12.1. The first-order valence-corrected chi connectivity index (χ1v) is 5.02. The fourth-order valence-corrected chi connectivity index (χ4v) is 1.72. The first kappa shape index (κ1) is 12.8. The number of hydrogen-bond donors (Lipinski definition) is 1. The Bertz CT molecular complexity index is 401. The number of carbonyl (C=O) groups excluding carboxylic acids is 1. The number of hydrogen-bond acceptors (Lipinski definition) is 4. The summed E-state index contributed by atoms with van der Waals surface area (Å²) in [7, 11) is 2.85. The van der Waals surface area contributed by atoms with E-state index in [9.17, 15) is 9.90 Å². The summed E-state index contributed by atoms with van der Waals surface area (Å²) in [5.41, 5.74) is 0.695. The summed E-state index contributed by atoms with van der Waals surface area (Å²) in [6, 6.07) is 1.50. The summed E-state index contributed by atoms with van der Waals surface area (Å²) < 4.78 is 10.2. The molecule has 0 heterocycles. The van der Waals surface area contributed by atoms with Gasteiger partial charge in [0.2, 0.25) is 0 Å². The molecule has 1 N–H and O–H groups in total. The second-order valence-electron chi connectivity index (χ2n) is 3.22. The third-order valence-electron chi connectivity index (χ3n) is 2.23. The first-order valence-electron chi connectivity index (χ1n) is 4.64. The van der Waals surface area contributed by atoms with E-state index in [0.717, 1.165) is 0 Å². The zero-order valence-corrected chi connectivity index (χ0v) is 10.0. The van der Waals surface area contributed by atoms with Crippen LogP contribution in [0.2, 0.25) is 5.02 Å². The van der Waals surface area contributed by atoms with E-state index in [1.165, 1.54) is 20.3 Å². The Balaban J connectivity index is 3.56. The number of aldehydes is 1. The lowest BCUT2D eigenvalue weighted by atomic mass is 10.1. The van der Waals surface area contributed by atoms with E-state index in [4.69, 9.17) is 21.1 Å². The van der Waals surface area contributed by atoms with Crippen LogP contribution in [0.5, 0.6) is 11.5 Å². The minimum atomic E-state index is -0.762. The SMILES string of the molecule is COc1c(C(C)O)cc(Cl)c(C=O)c1OC. The van der Waals surface area contributed by atoms with Crippen LogP contribution in [0.25, 0.3) is 0 Å². The molecule has 0 aliphatic rings. The van der Waals surface area contributed by atoms with Crippen molar-refractivity contribution in [2.45, 2.75) is 13.0 Å². The molecule has 5 heteroatoms. The number of methoxy groups -OCH3 is 2. The minimum Gasteiger partial charge on any atom is -0.492 e. The lowest BCUT2D eigenvalue weighted by Gasteiger charge is -2.17. The Hall–Kier alpha value is -1.26. The molecule has 0 saturated heterocycles. The van der Waals surface area contributed by atoms with Crippen LogP contribution in [0.15, 0.2) is 6.07 Å². The van der Waals surface area contributed by atoms with Crippen molar-refractivity contribution < 1.29 is 19.4 Å². The molecule has 0 amide bonds. The van der Waals surface area contributed by atoms with Crippen molar-refractivity contribution in [3.8, 4) is 11.5 Å². The first-order chi connectivity index (χ1) is 7.56. The molecule has 16 heavy (non-hydrogen) atoms. The fraction of sp³-hybridized carbons (Fsp3) is 0.364. The zero-order chi connectivity index (χ0) is 12.3. The van der Waals surface area contributed by atoms with Crippen LogP contribution in [-0.2, 0) is 0 Å². The number of carbonyl (C=O) groups is 1. The molecule has 0 aliphatic heterocycles. The molecule has 1 aromatic carbocycles. The Morgan fingerprint density at radius 2 is 1.94 bits per heavy atom. The van der Waals surface area contributed by atoms with Gasteiger partial charge in [-0.3, -0.25) is 4.79 Å². The summed E-state index contributed by atoms with van der Waals surface area (Å²) in [5.74, 6) is 0.560. The van der Waals surface area contributed by atoms with Gasteiger partial charge in [0.15, 0.2) is 17.8 Å². The highest BCUT2D eigenvalue weighted by molar-refractivity contribution is 6.33. The lowest BCUT2D eigenvalue weighted by molar-refractivity contribution is 0.111. The molecule has 4 nitrogen and oxygen atoms in total. The van der Waals surface area contributed by atoms with Crippen molar-refractivity contribution in [3.63, 3.8) is 0 Å². The van der Waals surface area contributed by atoms with E-state index < -0.39 is 6.10 Å². The van der Waals surface area contributed by atoms with Crippen molar-refractivity contribution >= 4 is 17.9 Å². The van der Waals surface area contributed by atoms with Crippen molar-refractivity contribution in [1.29, 1.82) is 0 Å². The average molecular weight is 245 g/mol. The van der Waals surface area contributed by atoms with Crippen LogP contribution in [0.1, 0.15) is 28.9 Å². The zero-order valence-electron chi connectivity index (χ0n) is 9.28. The largest absolute Gasteiger partial charge is 0.492 e. The summed E-state index contributed by atoms with van der Waals surface area (Å²) in [6.45, 7) is 1.58. The Kier molecular flexibility index (Phi) is 4.15. The van der Waals surface area contributed by atoms with Gasteiger partial charge >= 0.3 is 0 Å². The van der Waals surface area contributed by atoms with Crippen molar-refractivity contribution in [2.75, 3.05) is 14.2 Å². The highest BCUT2D eigenvalue weighted by Gasteiger charge is 2.20. The number of ether oxygens (including phenoxy) is 2. The third-order valence-corrected chi connectivity index (χ3v) is 2.54. The Labute approximate surface area is 98.7 Å². The van der Waals surface area contributed by atoms with Crippen LogP contribution >= 0.6 is 11.6 Å². The molecule has 0 aromatic heterocycles. The molecule has 0 radical (unpaired) electrons. The molecule has 0 bridgehead atoms. The van der Waals surface area contributed by atoms with E-state index in [1.54, 1.807) is 6.92 Å². The number of benzene rings is 1. The second kappa shape index (κ2) is 5.18. The topological polar surface area (TPSA) is 55.8 Å². The molecule has 1 aromatic rings. The van der Waals surface area contributed by atoms with Crippen LogP contribution in [-0.4, -0.2) is 25.6 Å². The van der Waals surface area contributed by atoms with Gasteiger partial charge in [-0.15, -0.1) is 0 Å². The summed E-state index contributed by atoms with van der Waals surface area (Å²) in [4.78, 5) is 10.9. The minimum absolute atomic E-state index is 0.213. The number of halogens is 1. The van der Waals surface area contributed by atoms with Gasteiger partial charge in [0, 0.05) is 5.56 Å². The smallest absolute Gasteiger partial charge is 0.173 e. The van der Waals surface area contributed by atoms with Gasteiger partial charge < -0.3 is 14.6 Å². The van der Waals surface area contributed by atoms with Gasteiger partial charge in [-0.05, 0) is 13.0 Å². The molecule has 0 spiro atoms. The van der Waals surface area contributed by atoms with Gasteiger partial charge in [-0.25, -0.2) is 0 Å². The van der Waals surface area contributed by atoms with Crippen LogP contribution < -0.4 is 9.47 Å². The van der Waals surface area contributed by atoms with Gasteiger partial charge in [0.1, 0.15) is 0 Å². The van der Waals surface area contributed by atoms with E-state index >= 15 is 0 Å². The van der Waals surface area contributed by atoms with E-state index in [0.29, 0.717) is 17.6 Å². The van der Waals surface area contributed by atoms with Crippen molar-refractivity contribution in [1.82, 2.24) is 0 Å². The highest BCUT2D eigenvalue weighted by atomic mass is 35.5. The number of aliphatic hydroxyl groups is 1. The predicted molar refractivity (Wildman–Crippen MR) is 60.6 cm³/mol. The van der Waals surface area contributed by atoms with Crippen molar-refractivity contribution in [2.24, 2.45) is 0 Å². The Morgan fingerprint density at radius 3 is 2.31 bits per heavy atom.